The van der Waals surface area contributed by atoms with Crippen LogP contribution in [0.25, 0.3) is 0 Å². The molecule has 1 aromatic rings. The lowest BCUT2D eigenvalue weighted by Crippen LogP contribution is -2.08. The Balaban J connectivity index is 1.28. The molecule has 0 unspecified atom stereocenters. The van der Waals surface area contributed by atoms with Crippen molar-refractivity contribution in [2.24, 2.45) is 10.8 Å². The van der Waals surface area contributed by atoms with Gasteiger partial charge in [0.15, 0.2) is 0 Å². The zero-order chi connectivity index (χ0) is 20.0. The van der Waals surface area contributed by atoms with E-state index >= 15 is 0 Å². The molecule has 0 spiro atoms. The quantitative estimate of drug-likeness (QED) is 0.407. The number of hydrogen-bond acceptors (Lipinski definition) is 2. The van der Waals surface area contributed by atoms with Gasteiger partial charge in [0.1, 0.15) is 0 Å². The highest BCUT2D eigenvalue weighted by atomic mass is 16.4. The standard InChI is InChI=1S/C24H34O4/c25-21(26)17-23(13-14-23)11-3-1-5-19-7-9-20(10-8-19)6-2-4-12-24(15-16-24)18-22(27)28/h7-10H,1-6,11-18H2,(H,25,26)(H,27,28). The van der Waals surface area contributed by atoms with Crippen LogP contribution in [0.5, 0.6) is 0 Å². The summed E-state index contributed by atoms with van der Waals surface area (Å²) < 4.78 is 0. The maximum Gasteiger partial charge on any atom is 0.303 e. The number of hydrogen-bond donors (Lipinski definition) is 2. The van der Waals surface area contributed by atoms with Crippen molar-refractivity contribution in [1.82, 2.24) is 0 Å². The highest BCUT2D eigenvalue weighted by Gasteiger charge is 2.44. The van der Waals surface area contributed by atoms with Crippen LogP contribution in [-0.4, -0.2) is 22.2 Å². The second kappa shape index (κ2) is 9.11. The van der Waals surface area contributed by atoms with Crippen LogP contribution in [-0.2, 0) is 22.4 Å². The molecule has 2 aliphatic carbocycles. The largest absolute Gasteiger partial charge is 0.481 e. The van der Waals surface area contributed by atoms with Gasteiger partial charge in [0.2, 0.25) is 0 Å². The first kappa shape index (κ1) is 20.9. The predicted molar refractivity (Wildman–Crippen MR) is 109 cm³/mol. The number of carbonyl (C=O) groups is 2. The molecule has 154 valence electrons. The summed E-state index contributed by atoms with van der Waals surface area (Å²) in [6.45, 7) is 0. The Hall–Kier alpha value is -1.84. The summed E-state index contributed by atoms with van der Waals surface area (Å²) in [5.74, 6) is -1.30. The fraction of sp³-hybridized carbons (Fsp3) is 0.667. The van der Waals surface area contributed by atoms with Crippen LogP contribution in [0, 0.1) is 10.8 Å². The van der Waals surface area contributed by atoms with Crippen LogP contribution in [0.4, 0.5) is 0 Å². The smallest absolute Gasteiger partial charge is 0.303 e. The molecule has 1 aromatic carbocycles. The van der Waals surface area contributed by atoms with E-state index in [1.54, 1.807) is 0 Å². The molecule has 3 rings (SSSR count). The third-order valence-corrected chi connectivity index (χ3v) is 6.83. The highest BCUT2D eigenvalue weighted by Crippen LogP contribution is 2.53. The van der Waals surface area contributed by atoms with Crippen molar-refractivity contribution in [3.05, 3.63) is 35.4 Å². The van der Waals surface area contributed by atoms with Gasteiger partial charge >= 0.3 is 11.9 Å². The Labute approximate surface area is 168 Å². The molecular weight excluding hydrogens is 352 g/mol. The molecule has 0 radical (unpaired) electrons. The number of carboxylic acids is 2. The van der Waals surface area contributed by atoms with E-state index in [4.69, 9.17) is 10.2 Å². The summed E-state index contributed by atoms with van der Waals surface area (Å²) in [5, 5.41) is 18.0. The fourth-order valence-corrected chi connectivity index (χ4v) is 4.56. The van der Waals surface area contributed by atoms with Gasteiger partial charge in [-0.25, -0.2) is 0 Å². The Morgan fingerprint density at radius 3 is 1.32 bits per heavy atom. The molecule has 0 heterocycles. The van der Waals surface area contributed by atoms with Crippen LogP contribution < -0.4 is 0 Å². The lowest BCUT2D eigenvalue weighted by Gasteiger charge is -2.12. The molecule has 4 nitrogen and oxygen atoms in total. The van der Waals surface area contributed by atoms with Crippen LogP contribution >= 0.6 is 0 Å². The van der Waals surface area contributed by atoms with Gasteiger partial charge in [-0.2, -0.15) is 0 Å². The second-order valence-electron chi connectivity index (χ2n) is 9.37. The zero-order valence-electron chi connectivity index (χ0n) is 16.9. The SMILES string of the molecule is O=C(O)CC1(CCCCc2ccc(CCCCC3(CC(=O)O)CC3)cc2)CC1. The lowest BCUT2D eigenvalue weighted by molar-refractivity contribution is -0.139. The predicted octanol–water partition coefficient (Wildman–Crippen LogP) is 5.62. The van der Waals surface area contributed by atoms with E-state index in [-0.39, 0.29) is 10.8 Å². The average molecular weight is 387 g/mol. The molecule has 0 aromatic heterocycles. The minimum Gasteiger partial charge on any atom is -0.481 e. The van der Waals surface area contributed by atoms with E-state index in [2.05, 4.69) is 24.3 Å². The van der Waals surface area contributed by atoms with Gasteiger partial charge in [0, 0.05) is 0 Å². The molecule has 0 aliphatic heterocycles. The number of aryl methyl sites for hydroxylation is 2. The van der Waals surface area contributed by atoms with Gasteiger partial charge in [0.25, 0.3) is 0 Å². The van der Waals surface area contributed by atoms with E-state index in [1.807, 2.05) is 0 Å². The monoisotopic (exact) mass is 386 g/mol. The number of unbranched alkanes of at least 4 members (excludes halogenated alkanes) is 2. The maximum absolute atomic E-state index is 10.9. The topological polar surface area (TPSA) is 74.6 Å². The summed E-state index contributed by atoms with van der Waals surface area (Å²) in [6, 6.07) is 8.91. The molecule has 2 N–H and O–H groups in total. The Bertz CT molecular complexity index is 609. The molecular formula is C24H34O4. The highest BCUT2D eigenvalue weighted by molar-refractivity contribution is 5.68. The normalized spacial score (nSPS) is 18.6. The lowest BCUT2D eigenvalue weighted by atomic mass is 9.93. The first-order chi connectivity index (χ1) is 13.4. The van der Waals surface area contributed by atoms with Crippen molar-refractivity contribution in [2.45, 2.75) is 89.9 Å². The Kier molecular flexibility index (Phi) is 6.79. The summed E-state index contributed by atoms with van der Waals surface area (Å²) in [7, 11) is 0. The van der Waals surface area contributed by atoms with E-state index in [9.17, 15) is 9.59 Å². The van der Waals surface area contributed by atoms with E-state index in [0.717, 1.165) is 77.0 Å². The average Bonchev–Trinajstić information content (AvgIpc) is 3.55. The maximum atomic E-state index is 10.9. The molecule has 2 fully saturated rings. The summed E-state index contributed by atoms with van der Waals surface area (Å²) in [6.07, 6.45) is 13.8. The van der Waals surface area contributed by atoms with Crippen LogP contribution in [0.2, 0.25) is 0 Å². The van der Waals surface area contributed by atoms with Crippen LogP contribution in [0.3, 0.4) is 0 Å². The zero-order valence-corrected chi connectivity index (χ0v) is 16.9. The number of benzene rings is 1. The first-order valence-corrected chi connectivity index (χ1v) is 10.9. The van der Waals surface area contributed by atoms with Crippen molar-refractivity contribution in [1.29, 1.82) is 0 Å². The third-order valence-electron chi connectivity index (χ3n) is 6.83. The van der Waals surface area contributed by atoms with Gasteiger partial charge in [-0.3, -0.25) is 9.59 Å². The van der Waals surface area contributed by atoms with E-state index in [0.29, 0.717) is 12.8 Å². The van der Waals surface area contributed by atoms with Crippen molar-refractivity contribution < 1.29 is 19.8 Å². The van der Waals surface area contributed by atoms with Crippen molar-refractivity contribution in [3.8, 4) is 0 Å². The number of rotatable bonds is 14. The molecule has 0 bridgehead atoms. The molecule has 0 amide bonds. The van der Waals surface area contributed by atoms with Crippen molar-refractivity contribution in [3.63, 3.8) is 0 Å². The molecule has 2 saturated carbocycles. The van der Waals surface area contributed by atoms with Crippen molar-refractivity contribution >= 4 is 11.9 Å². The van der Waals surface area contributed by atoms with Crippen LogP contribution in [0.15, 0.2) is 24.3 Å². The molecule has 0 atom stereocenters. The van der Waals surface area contributed by atoms with Gasteiger partial charge < -0.3 is 10.2 Å². The molecule has 28 heavy (non-hydrogen) atoms. The van der Waals surface area contributed by atoms with E-state index < -0.39 is 11.9 Å². The summed E-state index contributed by atoms with van der Waals surface area (Å²) in [5.41, 5.74) is 2.98. The fourth-order valence-electron chi connectivity index (χ4n) is 4.56. The first-order valence-electron chi connectivity index (χ1n) is 10.9. The van der Waals surface area contributed by atoms with Gasteiger partial charge in [0.05, 0.1) is 12.8 Å². The molecule has 4 heteroatoms. The third kappa shape index (κ3) is 6.65. The Morgan fingerprint density at radius 1 is 0.679 bits per heavy atom. The van der Waals surface area contributed by atoms with Crippen LogP contribution in [0.1, 0.15) is 88.2 Å². The minimum atomic E-state index is -0.651. The summed E-state index contributed by atoms with van der Waals surface area (Å²) in [4.78, 5) is 21.8. The second-order valence-corrected chi connectivity index (χ2v) is 9.37. The number of aliphatic carboxylic acids is 2. The van der Waals surface area contributed by atoms with Gasteiger partial charge in [-0.05, 0) is 86.2 Å². The van der Waals surface area contributed by atoms with Gasteiger partial charge in [-0.15, -0.1) is 0 Å². The minimum absolute atomic E-state index is 0.124. The number of carboxylic acid groups (broad SMARTS) is 2. The summed E-state index contributed by atoms with van der Waals surface area (Å²) >= 11 is 0. The Morgan fingerprint density at radius 2 is 1.04 bits per heavy atom. The van der Waals surface area contributed by atoms with E-state index in [1.165, 1.54) is 11.1 Å². The molecule has 2 aliphatic rings. The molecule has 0 saturated heterocycles. The van der Waals surface area contributed by atoms with Crippen molar-refractivity contribution in [2.75, 3.05) is 0 Å². The van der Waals surface area contributed by atoms with Gasteiger partial charge in [-0.1, -0.05) is 37.1 Å².